The number of aromatic nitrogens is 2. The molecule has 5 nitrogen and oxygen atoms in total. The van der Waals surface area contributed by atoms with Crippen LogP contribution in [0.5, 0.6) is 5.75 Å². The number of hydrogen-bond acceptors (Lipinski definition) is 3. The maximum absolute atomic E-state index is 11.9. The van der Waals surface area contributed by atoms with E-state index in [0.29, 0.717) is 17.3 Å². The number of halogens is 2. The Balaban J connectivity index is 1.56. The Kier molecular flexibility index (Phi) is 5.06. The minimum Gasteiger partial charge on any atom is -0.484 e. The number of carbonyl (C=O) groups is 1. The molecule has 1 amide bonds. The Hall–Kier alpha value is -2.05. The van der Waals surface area contributed by atoms with Crippen molar-refractivity contribution in [3.05, 3.63) is 63.5 Å². The van der Waals surface area contributed by atoms with Crippen LogP contribution in [-0.4, -0.2) is 21.9 Å². The summed E-state index contributed by atoms with van der Waals surface area (Å²) in [6, 6.07) is 8.87. The largest absolute Gasteiger partial charge is 0.484 e. The standard InChI is InChI=1S/C17H15BrClN3O2/c1-11-6-12(18)8-22-9-14(21-17(11)22)7-20-16(23)10-24-15-4-2-13(19)3-5-15/h2-6,8-9H,7,10H2,1H3,(H,20,23). The van der Waals surface area contributed by atoms with Crippen molar-refractivity contribution in [3.63, 3.8) is 0 Å². The fraction of sp³-hybridized carbons (Fsp3) is 0.176. The van der Waals surface area contributed by atoms with Crippen molar-refractivity contribution in [2.24, 2.45) is 0 Å². The molecular formula is C17H15BrClN3O2. The van der Waals surface area contributed by atoms with Gasteiger partial charge in [-0.2, -0.15) is 0 Å². The van der Waals surface area contributed by atoms with Crippen LogP contribution in [0.2, 0.25) is 5.02 Å². The Labute approximate surface area is 152 Å². The average Bonchev–Trinajstić information content (AvgIpc) is 2.95. The summed E-state index contributed by atoms with van der Waals surface area (Å²) in [7, 11) is 0. The van der Waals surface area contributed by atoms with Gasteiger partial charge in [0.15, 0.2) is 6.61 Å². The second-order valence-electron chi connectivity index (χ2n) is 5.32. The second-order valence-corrected chi connectivity index (χ2v) is 6.68. The van der Waals surface area contributed by atoms with Gasteiger partial charge in [0.2, 0.25) is 0 Å². The molecule has 1 aromatic carbocycles. The van der Waals surface area contributed by atoms with E-state index in [2.05, 4.69) is 26.2 Å². The molecule has 0 unspecified atom stereocenters. The molecule has 124 valence electrons. The first-order valence-corrected chi connectivity index (χ1v) is 8.47. The van der Waals surface area contributed by atoms with Crippen LogP contribution < -0.4 is 10.1 Å². The van der Waals surface area contributed by atoms with E-state index >= 15 is 0 Å². The maximum atomic E-state index is 11.9. The van der Waals surface area contributed by atoms with Gasteiger partial charge in [-0.3, -0.25) is 4.79 Å². The van der Waals surface area contributed by atoms with E-state index in [1.165, 1.54) is 0 Å². The zero-order chi connectivity index (χ0) is 17.1. The summed E-state index contributed by atoms with van der Waals surface area (Å²) in [5.74, 6) is 0.391. The molecule has 3 rings (SSSR count). The number of pyridine rings is 1. The van der Waals surface area contributed by atoms with Crippen LogP contribution in [0.4, 0.5) is 0 Å². The number of amides is 1. The van der Waals surface area contributed by atoms with Crippen LogP contribution in [0.25, 0.3) is 5.65 Å². The molecule has 0 radical (unpaired) electrons. The van der Waals surface area contributed by atoms with Crippen LogP contribution in [0, 0.1) is 6.92 Å². The lowest BCUT2D eigenvalue weighted by molar-refractivity contribution is -0.123. The third-order valence-corrected chi connectivity index (χ3v) is 4.09. The monoisotopic (exact) mass is 407 g/mol. The van der Waals surface area contributed by atoms with Gasteiger partial charge < -0.3 is 14.5 Å². The third kappa shape index (κ3) is 4.07. The van der Waals surface area contributed by atoms with Gasteiger partial charge in [-0.05, 0) is 58.7 Å². The number of hydrogen-bond donors (Lipinski definition) is 1. The molecule has 0 atom stereocenters. The van der Waals surface area contributed by atoms with Crippen molar-refractivity contribution in [1.29, 1.82) is 0 Å². The first-order valence-electron chi connectivity index (χ1n) is 7.30. The molecule has 0 aliphatic heterocycles. The SMILES string of the molecule is Cc1cc(Br)cn2cc(CNC(=O)COc3ccc(Cl)cc3)nc12. The summed E-state index contributed by atoms with van der Waals surface area (Å²) < 4.78 is 8.32. The highest BCUT2D eigenvalue weighted by Gasteiger charge is 2.08. The highest BCUT2D eigenvalue weighted by atomic mass is 79.9. The molecule has 2 heterocycles. The number of nitrogens with zero attached hydrogens (tertiary/aromatic N) is 2. The van der Waals surface area contributed by atoms with Crippen molar-refractivity contribution in [2.45, 2.75) is 13.5 Å². The number of ether oxygens (including phenoxy) is 1. The molecule has 0 aliphatic rings. The van der Waals surface area contributed by atoms with Crippen LogP contribution in [0.1, 0.15) is 11.3 Å². The Morgan fingerprint density at radius 3 is 2.83 bits per heavy atom. The number of fused-ring (bicyclic) bond motifs is 1. The Bertz CT molecular complexity index is 877. The maximum Gasteiger partial charge on any atom is 0.258 e. The number of aryl methyl sites for hydroxylation is 1. The topological polar surface area (TPSA) is 55.6 Å². The first-order chi connectivity index (χ1) is 11.5. The zero-order valence-electron chi connectivity index (χ0n) is 12.9. The van der Waals surface area contributed by atoms with Crippen molar-refractivity contribution in [1.82, 2.24) is 14.7 Å². The number of nitrogens with one attached hydrogen (secondary N) is 1. The number of benzene rings is 1. The second kappa shape index (κ2) is 7.23. The van der Waals surface area contributed by atoms with E-state index in [-0.39, 0.29) is 12.5 Å². The summed E-state index contributed by atoms with van der Waals surface area (Å²) in [6.07, 6.45) is 3.83. The molecule has 3 aromatic rings. The minimum absolute atomic E-state index is 0.0560. The summed E-state index contributed by atoms with van der Waals surface area (Å²) in [6.45, 7) is 2.29. The molecule has 1 N–H and O–H groups in total. The molecule has 0 spiro atoms. The van der Waals surface area contributed by atoms with Gasteiger partial charge in [0, 0.05) is 21.9 Å². The van der Waals surface area contributed by atoms with Crippen molar-refractivity contribution >= 4 is 39.1 Å². The highest BCUT2D eigenvalue weighted by Crippen LogP contribution is 2.17. The molecule has 0 saturated heterocycles. The van der Waals surface area contributed by atoms with Crippen LogP contribution in [0.3, 0.4) is 0 Å². The van der Waals surface area contributed by atoms with Crippen molar-refractivity contribution in [3.8, 4) is 5.75 Å². The normalized spacial score (nSPS) is 10.8. The van der Waals surface area contributed by atoms with Crippen molar-refractivity contribution in [2.75, 3.05) is 6.61 Å². The molecule has 0 fully saturated rings. The summed E-state index contributed by atoms with van der Waals surface area (Å²) >= 11 is 9.26. The van der Waals surface area contributed by atoms with E-state index in [9.17, 15) is 4.79 Å². The predicted octanol–water partition coefficient (Wildman–Crippen LogP) is 3.75. The predicted molar refractivity (Wildman–Crippen MR) is 96.4 cm³/mol. The Morgan fingerprint density at radius 1 is 1.33 bits per heavy atom. The molecule has 7 heteroatoms. The van der Waals surface area contributed by atoms with Crippen LogP contribution in [0.15, 0.2) is 47.2 Å². The van der Waals surface area contributed by atoms with Crippen molar-refractivity contribution < 1.29 is 9.53 Å². The first kappa shape index (κ1) is 16.8. The fourth-order valence-corrected chi connectivity index (χ4v) is 2.97. The quantitative estimate of drug-likeness (QED) is 0.699. The van der Waals surface area contributed by atoms with Gasteiger partial charge in [0.25, 0.3) is 5.91 Å². The van der Waals surface area contributed by atoms with E-state index < -0.39 is 0 Å². The molecule has 24 heavy (non-hydrogen) atoms. The molecular weight excluding hydrogens is 394 g/mol. The third-order valence-electron chi connectivity index (χ3n) is 3.40. The van der Waals surface area contributed by atoms with Crippen LogP contribution >= 0.6 is 27.5 Å². The summed E-state index contributed by atoms with van der Waals surface area (Å²) in [4.78, 5) is 16.4. The highest BCUT2D eigenvalue weighted by molar-refractivity contribution is 9.10. The molecule has 0 bridgehead atoms. The van der Waals surface area contributed by atoms with Gasteiger partial charge in [-0.25, -0.2) is 4.98 Å². The Morgan fingerprint density at radius 2 is 2.08 bits per heavy atom. The van der Waals surface area contributed by atoms with E-state index in [1.807, 2.05) is 29.8 Å². The number of rotatable bonds is 5. The minimum atomic E-state index is -0.208. The number of imidazole rings is 1. The van der Waals surface area contributed by atoms with Gasteiger partial charge in [0.1, 0.15) is 11.4 Å². The molecule has 2 aromatic heterocycles. The van der Waals surface area contributed by atoms with Gasteiger partial charge >= 0.3 is 0 Å². The molecule has 0 saturated carbocycles. The lowest BCUT2D eigenvalue weighted by Crippen LogP contribution is -2.28. The van der Waals surface area contributed by atoms with Gasteiger partial charge in [-0.15, -0.1) is 0 Å². The van der Waals surface area contributed by atoms with Gasteiger partial charge in [0.05, 0.1) is 12.2 Å². The van der Waals surface area contributed by atoms with Gasteiger partial charge in [-0.1, -0.05) is 11.6 Å². The lowest BCUT2D eigenvalue weighted by Gasteiger charge is -2.06. The molecule has 0 aliphatic carbocycles. The summed E-state index contributed by atoms with van der Waals surface area (Å²) in [5, 5.41) is 3.42. The van der Waals surface area contributed by atoms with Crippen LogP contribution in [-0.2, 0) is 11.3 Å². The average molecular weight is 409 g/mol. The van der Waals surface area contributed by atoms with E-state index in [0.717, 1.165) is 21.4 Å². The fourth-order valence-electron chi connectivity index (χ4n) is 2.28. The zero-order valence-corrected chi connectivity index (χ0v) is 15.3. The summed E-state index contributed by atoms with van der Waals surface area (Å²) in [5.41, 5.74) is 2.73. The van der Waals surface area contributed by atoms with E-state index in [1.54, 1.807) is 24.3 Å². The van der Waals surface area contributed by atoms with E-state index in [4.69, 9.17) is 16.3 Å². The lowest BCUT2D eigenvalue weighted by atomic mass is 10.3. The number of carbonyl (C=O) groups excluding carboxylic acids is 1. The smallest absolute Gasteiger partial charge is 0.258 e.